The van der Waals surface area contributed by atoms with E-state index in [0.717, 1.165) is 50.6 Å². The molecule has 0 radical (unpaired) electrons. The van der Waals surface area contributed by atoms with E-state index in [2.05, 4.69) is 51.7 Å². The minimum Gasteiger partial charge on any atom is -0.344 e. The summed E-state index contributed by atoms with van der Waals surface area (Å²) in [6, 6.07) is 21.1. The summed E-state index contributed by atoms with van der Waals surface area (Å²) in [4.78, 5) is 21.8. The van der Waals surface area contributed by atoms with Crippen LogP contribution in [0.5, 0.6) is 0 Å². The Morgan fingerprint density at radius 1 is 0.938 bits per heavy atom. The summed E-state index contributed by atoms with van der Waals surface area (Å²) in [7, 11) is -8.55. The van der Waals surface area contributed by atoms with Crippen molar-refractivity contribution in [1.82, 2.24) is 0 Å². The first kappa shape index (κ1) is 35.5. The third-order valence-corrected chi connectivity index (χ3v) is 11.0. The summed E-state index contributed by atoms with van der Waals surface area (Å²) in [6.07, 6.45) is 12.1. The summed E-state index contributed by atoms with van der Waals surface area (Å²) in [5, 5.41) is 0.0151. The standard InChI is InChI=1S/C38H43N2O6PS/c1-7-39-33-22-20-30(47(41,42)43)26-32(33)38(5,6)35(39)17-11-15-29(28-13-9-8-10-14-28)16-12-18-36-37(3,4)31-25-27(2)19-21-34(31)40(36)23-24-48(44,45)46/h8-22,25-26H,7,23-24H2,1-6H3,(H2-,41,42,43,44,45,46)/p+1. The number of benzene rings is 3. The van der Waals surface area contributed by atoms with Crippen LogP contribution >= 0.6 is 7.60 Å². The first-order valence-corrected chi connectivity index (χ1v) is 19.2. The molecule has 0 bridgehead atoms. The number of rotatable bonds is 10. The molecule has 0 aliphatic carbocycles. The van der Waals surface area contributed by atoms with Crippen molar-refractivity contribution in [3.8, 4) is 0 Å². The monoisotopic (exact) mass is 687 g/mol. The van der Waals surface area contributed by atoms with Gasteiger partial charge in [0.2, 0.25) is 5.69 Å². The van der Waals surface area contributed by atoms with Gasteiger partial charge in [0, 0.05) is 41.1 Å². The quantitative estimate of drug-likeness (QED) is 0.0913. The Labute approximate surface area is 284 Å². The zero-order valence-corrected chi connectivity index (χ0v) is 30.0. The Bertz CT molecular complexity index is 2050. The number of hydrogen-bond acceptors (Lipinski definition) is 4. The Morgan fingerprint density at radius 3 is 2.29 bits per heavy atom. The van der Waals surface area contributed by atoms with Crippen LogP contribution in [0.2, 0.25) is 0 Å². The molecule has 0 saturated heterocycles. The SMILES string of the molecule is CCN1/C(=C/C=C/C(=C/C=C/C2=[N+](CCS(=O)(=O)O)c3ccc(C)cc3C2(C)C)c2ccccc2)C(C)(C)c2cc(P(=O)(O)O)ccc21. The Hall–Kier alpha value is -3.85. The second-order valence-electron chi connectivity index (χ2n) is 13.3. The van der Waals surface area contributed by atoms with Gasteiger partial charge in [0.15, 0.2) is 12.3 Å². The van der Waals surface area contributed by atoms with E-state index in [1.165, 1.54) is 6.07 Å². The van der Waals surface area contributed by atoms with Crippen LogP contribution < -0.4 is 10.2 Å². The van der Waals surface area contributed by atoms with Crippen molar-refractivity contribution < 1.29 is 31.9 Å². The average molecular weight is 688 g/mol. The number of aryl methyl sites for hydroxylation is 1. The van der Waals surface area contributed by atoms with Gasteiger partial charge in [-0.15, -0.1) is 0 Å². The third kappa shape index (κ3) is 7.12. The molecule has 10 heteroatoms. The fraction of sp³-hybridized carbons (Fsp3) is 0.289. The van der Waals surface area contributed by atoms with Gasteiger partial charge < -0.3 is 14.7 Å². The molecule has 3 aromatic rings. The van der Waals surface area contributed by atoms with Crippen molar-refractivity contribution >= 4 is 45.7 Å². The molecule has 252 valence electrons. The van der Waals surface area contributed by atoms with Crippen molar-refractivity contribution in [2.24, 2.45) is 0 Å². The molecule has 0 spiro atoms. The lowest BCUT2D eigenvalue weighted by molar-refractivity contribution is -0.432. The van der Waals surface area contributed by atoms with E-state index in [1.54, 1.807) is 12.1 Å². The predicted octanol–water partition coefficient (Wildman–Crippen LogP) is 6.96. The number of fused-ring (bicyclic) bond motifs is 2. The van der Waals surface area contributed by atoms with E-state index in [9.17, 15) is 27.3 Å². The van der Waals surface area contributed by atoms with E-state index < -0.39 is 28.5 Å². The zero-order valence-electron chi connectivity index (χ0n) is 28.3. The van der Waals surface area contributed by atoms with Gasteiger partial charge >= 0.3 is 7.60 Å². The van der Waals surface area contributed by atoms with Crippen molar-refractivity contribution in [2.45, 2.75) is 52.4 Å². The van der Waals surface area contributed by atoms with Crippen LogP contribution in [0.25, 0.3) is 5.57 Å². The Balaban J connectivity index is 1.53. The highest BCUT2D eigenvalue weighted by molar-refractivity contribution is 7.85. The van der Waals surface area contributed by atoms with E-state index in [1.807, 2.05) is 84.3 Å². The van der Waals surface area contributed by atoms with Crippen LogP contribution in [0.15, 0.2) is 109 Å². The number of nitrogens with zero attached hydrogens (tertiary/aromatic N) is 2. The van der Waals surface area contributed by atoms with Gasteiger partial charge in [0.1, 0.15) is 5.75 Å². The van der Waals surface area contributed by atoms with E-state index in [-0.39, 0.29) is 17.6 Å². The molecule has 0 amide bonds. The lowest BCUT2D eigenvalue weighted by Crippen LogP contribution is -2.29. The molecule has 2 aliphatic rings. The smallest absolute Gasteiger partial charge is 0.344 e. The van der Waals surface area contributed by atoms with Crippen LogP contribution in [0.4, 0.5) is 11.4 Å². The Morgan fingerprint density at radius 2 is 1.65 bits per heavy atom. The first-order valence-electron chi connectivity index (χ1n) is 16.0. The molecule has 2 heterocycles. The maximum atomic E-state index is 12.0. The van der Waals surface area contributed by atoms with Crippen LogP contribution in [0, 0.1) is 6.92 Å². The highest BCUT2D eigenvalue weighted by Crippen LogP contribution is 2.49. The number of likely N-dealkylation sites (N-methyl/N-ethyl adjacent to an activating group) is 1. The molecule has 3 N–H and O–H groups in total. The number of hydrogen-bond donors (Lipinski definition) is 3. The van der Waals surface area contributed by atoms with Gasteiger partial charge in [0.25, 0.3) is 10.1 Å². The van der Waals surface area contributed by atoms with Gasteiger partial charge in [-0.2, -0.15) is 13.0 Å². The van der Waals surface area contributed by atoms with Crippen molar-refractivity contribution in [3.63, 3.8) is 0 Å². The summed E-state index contributed by atoms with van der Waals surface area (Å²) in [5.74, 6) is -0.383. The Kier molecular flexibility index (Phi) is 9.77. The molecule has 48 heavy (non-hydrogen) atoms. The predicted molar refractivity (Wildman–Crippen MR) is 195 cm³/mol. The maximum Gasteiger partial charge on any atom is 0.356 e. The fourth-order valence-corrected chi connectivity index (χ4v) is 7.77. The molecule has 0 aromatic heterocycles. The van der Waals surface area contributed by atoms with Crippen LogP contribution in [-0.2, 0) is 25.5 Å². The minimum atomic E-state index is -4.39. The molecular weight excluding hydrogens is 643 g/mol. The zero-order chi connectivity index (χ0) is 35.1. The normalized spacial score (nSPS) is 18.4. The highest BCUT2D eigenvalue weighted by Gasteiger charge is 2.44. The molecular formula is C38H44N2O6PS+. The highest BCUT2D eigenvalue weighted by atomic mass is 32.2. The average Bonchev–Trinajstić information content (AvgIpc) is 3.36. The second kappa shape index (κ2) is 13.2. The molecule has 2 aliphatic heterocycles. The van der Waals surface area contributed by atoms with Gasteiger partial charge in [-0.05, 0) is 74.7 Å². The largest absolute Gasteiger partial charge is 0.356 e. The van der Waals surface area contributed by atoms with Crippen molar-refractivity contribution in [1.29, 1.82) is 0 Å². The summed E-state index contributed by atoms with van der Waals surface area (Å²) in [5.41, 5.74) is 8.00. The molecule has 8 nitrogen and oxygen atoms in total. The van der Waals surface area contributed by atoms with Crippen LogP contribution in [0.1, 0.15) is 56.9 Å². The molecule has 0 fully saturated rings. The van der Waals surface area contributed by atoms with Crippen LogP contribution in [0.3, 0.4) is 0 Å². The molecule has 5 rings (SSSR count). The third-order valence-electron chi connectivity index (χ3n) is 9.32. The topological polar surface area (TPSA) is 118 Å². The molecule has 0 saturated carbocycles. The van der Waals surface area contributed by atoms with Gasteiger partial charge in [-0.25, -0.2) is 0 Å². The van der Waals surface area contributed by atoms with Gasteiger partial charge in [0.05, 0.1) is 10.7 Å². The summed E-state index contributed by atoms with van der Waals surface area (Å²) >= 11 is 0. The molecule has 0 unspecified atom stereocenters. The van der Waals surface area contributed by atoms with E-state index in [4.69, 9.17) is 0 Å². The van der Waals surface area contributed by atoms with Crippen molar-refractivity contribution in [2.75, 3.05) is 23.7 Å². The lowest BCUT2D eigenvalue weighted by Gasteiger charge is -2.25. The van der Waals surface area contributed by atoms with Gasteiger partial charge in [-0.1, -0.05) is 80.1 Å². The fourth-order valence-electron chi connectivity index (χ4n) is 6.79. The molecule has 0 atom stereocenters. The molecule has 3 aromatic carbocycles. The maximum absolute atomic E-state index is 12.0. The van der Waals surface area contributed by atoms with E-state index >= 15 is 0 Å². The summed E-state index contributed by atoms with van der Waals surface area (Å²) in [6.45, 7) is 13.3. The minimum absolute atomic E-state index is 0.0151. The first-order chi connectivity index (χ1) is 22.4. The lowest BCUT2D eigenvalue weighted by atomic mass is 9.81. The summed E-state index contributed by atoms with van der Waals surface area (Å²) < 4.78 is 47.0. The van der Waals surface area contributed by atoms with Crippen LogP contribution in [-0.4, -0.2) is 51.9 Å². The van der Waals surface area contributed by atoms with Gasteiger partial charge in [-0.3, -0.25) is 9.12 Å². The number of anilines is 1. The van der Waals surface area contributed by atoms with E-state index in [0.29, 0.717) is 6.54 Å². The van der Waals surface area contributed by atoms with Crippen molar-refractivity contribution in [3.05, 3.63) is 131 Å². The number of allylic oxidation sites excluding steroid dienone is 8. The second-order valence-corrected chi connectivity index (χ2v) is 16.5.